The van der Waals surface area contributed by atoms with Gasteiger partial charge >= 0.3 is 0 Å². The van der Waals surface area contributed by atoms with E-state index < -0.39 is 5.54 Å². The van der Waals surface area contributed by atoms with Gasteiger partial charge in [-0.05, 0) is 37.5 Å². The van der Waals surface area contributed by atoms with Crippen LogP contribution in [0.15, 0.2) is 0 Å². The normalized spacial score (nSPS) is 29.9. The molecular formula is C12H22N2O2. The van der Waals surface area contributed by atoms with Crippen molar-refractivity contribution in [1.82, 2.24) is 10.6 Å². The van der Waals surface area contributed by atoms with Gasteiger partial charge in [0.05, 0.1) is 0 Å². The second-order valence-corrected chi connectivity index (χ2v) is 5.00. The van der Waals surface area contributed by atoms with Gasteiger partial charge in [0, 0.05) is 7.05 Å². The summed E-state index contributed by atoms with van der Waals surface area (Å²) in [7, 11) is 1.62. The zero-order chi connectivity index (χ0) is 12.2. The van der Waals surface area contributed by atoms with Crippen LogP contribution in [0.2, 0.25) is 0 Å². The van der Waals surface area contributed by atoms with Crippen LogP contribution in [0.3, 0.4) is 0 Å². The maximum Gasteiger partial charge on any atom is 0.245 e. The molecule has 1 aliphatic rings. The average molecular weight is 226 g/mol. The summed E-state index contributed by atoms with van der Waals surface area (Å²) in [4.78, 5) is 22.4. The fourth-order valence-corrected chi connectivity index (χ4v) is 2.59. The maximum atomic E-state index is 11.8. The predicted molar refractivity (Wildman–Crippen MR) is 62.8 cm³/mol. The second-order valence-electron chi connectivity index (χ2n) is 5.00. The van der Waals surface area contributed by atoms with Crippen LogP contribution in [0.25, 0.3) is 0 Å². The molecule has 0 aromatic carbocycles. The highest BCUT2D eigenvalue weighted by Crippen LogP contribution is 2.35. The van der Waals surface area contributed by atoms with Crippen molar-refractivity contribution in [2.24, 2.45) is 11.8 Å². The summed E-state index contributed by atoms with van der Waals surface area (Å²) >= 11 is 0. The molecule has 0 bridgehead atoms. The van der Waals surface area contributed by atoms with E-state index in [-0.39, 0.29) is 5.91 Å². The monoisotopic (exact) mass is 226 g/mol. The van der Waals surface area contributed by atoms with Crippen molar-refractivity contribution in [3.63, 3.8) is 0 Å². The molecule has 0 aromatic heterocycles. The van der Waals surface area contributed by atoms with Crippen LogP contribution < -0.4 is 10.6 Å². The van der Waals surface area contributed by atoms with E-state index in [0.717, 1.165) is 25.7 Å². The first kappa shape index (κ1) is 13.0. The largest absolute Gasteiger partial charge is 0.357 e. The van der Waals surface area contributed by atoms with Gasteiger partial charge in [-0.2, -0.15) is 0 Å². The fraction of sp³-hybridized carbons (Fsp3) is 0.833. The van der Waals surface area contributed by atoms with Crippen molar-refractivity contribution in [2.75, 3.05) is 7.05 Å². The van der Waals surface area contributed by atoms with Gasteiger partial charge < -0.3 is 10.6 Å². The maximum absolute atomic E-state index is 11.8. The molecule has 16 heavy (non-hydrogen) atoms. The zero-order valence-electron chi connectivity index (χ0n) is 10.4. The minimum absolute atomic E-state index is 0.0678. The van der Waals surface area contributed by atoms with E-state index in [1.54, 1.807) is 7.05 Å². The Hall–Kier alpha value is -1.06. The first-order chi connectivity index (χ1) is 7.55. The molecule has 2 amide bonds. The first-order valence-electron chi connectivity index (χ1n) is 5.99. The SMILES string of the molecule is CNC(=O)C1(NC=O)CCC(C(C)C)CC1. The Labute approximate surface area is 97.2 Å². The highest BCUT2D eigenvalue weighted by Gasteiger charge is 2.41. The van der Waals surface area contributed by atoms with E-state index in [2.05, 4.69) is 24.5 Å². The van der Waals surface area contributed by atoms with Crippen molar-refractivity contribution >= 4 is 12.3 Å². The molecule has 0 aliphatic heterocycles. The molecule has 1 rings (SSSR count). The molecule has 4 nitrogen and oxygen atoms in total. The number of likely N-dealkylation sites (N-methyl/N-ethyl adjacent to an activating group) is 1. The molecule has 0 saturated heterocycles. The van der Waals surface area contributed by atoms with Crippen LogP contribution in [0, 0.1) is 11.8 Å². The van der Waals surface area contributed by atoms with Crippen LogP contribution in [0.4, 0.5) is 0 Å². The Kier molecular flexibility index (Phi) is 4.33. The van der Waals surface area contributed by atoms with Crippen LogP contribution in [-0.2, 0) is 9.59 Å². The lowest BCUT2D eigenvalue weighted by atomic mass is 9.72. The average Bonchev–Trinajstić information content (AvgIpc) is 2.29. The molecule has 0 heterocycles. The minimum atomic E-state index is -0.665. The molecule has 1 saturated carbocycles. The molecule has 0 spiro atoms. The van der Waals surface area contributed by atoms with E-state index in [4.69, 9.17) is 0 Å². The lowest BCUT2D eigenvalue weighted by Gasteiger charge is -2.39. The lowest BCUT2D eigenvalue weighted by Crippen LogP contribution is -2.57. The molecular weight excluding hydrogens is 204 g/mol. The summed E-state index contributed by atoms with van der Waals surface area (Å²) in [6.07, 6.45) is 4.14. The van der Waals surface area contributed by atoms with Crippen molar-refractivity contribution in [2.45, 2.75) is 45.1 Å². The predicted octanol–water partition coefficient (Wildman–Crippen LogP) is 1.06. The zero-order valence-corrected chi connectivity index (χ0v) is 10.4. The number of hydrogen-bond donors (Lipinski definition) is 2. The van der Waals surface area contributed by atoms with E-state index >= 15 is 0 Å². The standard InChI is InChI=1S/C12H22N2O2/c1-9(2)10-4-6-12(7-5-10,14-8-15)11(16)13-3/h8-10H,4-7H2,1-3H3,(H,13,16)(H,14,15). The van der Waals surface area contributed by atoms with Crippen LogP contribution >= 0.6 is 0 Å². The van der Waals surface area contributed by atoms with Gasteiger partial charge in [-0.3, -0.25) is 9.59 Å². The van der Waals surface area contributed by atoms with Gasteiger partial charge in [0.2, 0.25) is 12.3 Å². The fourth-order valence-electron chi connectivity index (χ4n) is 2.59. The summed E-state index contributed by atoms with van der Waals surface area (Å²) < 4.78 is 0. The number of rotatable bonds is 4. The third kappa shape index (κ3) is 2.54. The molecule has 0 unspecified atom stereocenters. The van der Waals surface area contributed by atoms with Gasteiger partial charge in [0.25, 0.3) is 0 Å². The van der Waals surface area contributed by atoms with Crippen molar-refractivity contribution in [3.05, 3.63) is 0 Å². The second kappa shape index (κ2) is 5.32. The minimum Gasteiger partial charge on any atom is -0.357 e. The summed E-state index contributed by atoms with van der Waals surface area (Å²) in [6, 6.07) is 0. The van der Waals surface area contributed by atoms with Gasteiger partial charge in [-0.1, -0.05) is 13.8 Å². The Morgan fingerprint density at radius 1 is 1.38 bits per heavy atom. The first-order valence-corrected chi connectivity index (χ1v) is 5.99. The van der Waals surface area contributed by atoms with Crippen LogP contribution in [-0.4, -0.2) is 24.9 Å². The van der Waals surface area contributed by atoms with Gasteiger partial charge in [0.1, 0.15) is 5.54 Å². The molecule has 0 atom stereocenters. The van der Waals surface area contributed by atoms with E-state index in [0.29, 0.717) is 18.2 Å². The Bertz CT molecular complexity index is 256. The summed E-state index contributed by atoms with van der Waals surface area (Å²) in [6.45, 7) is 4.43. The van der Waals surface area contributed by atoms with E-state index in [9.17, 15) is 9.59 Å². The van der Waals surface area contributed by atoms with Crippen LogP contribution in [0.5, 0.6) is 0 Å². The summed E-state index contributed by atoms with van der Waals surface area (Å²) in [5.41, 5.74) is -0.665. The van der Waals surface area contributed by atoms with Gasteiger partial charge in [-0.15, -0.1) is 0 Å². The lowest BCUT2D eigenvalue weighted by molar-refractivity contribution is -0.131. The summed E-state index contributed by atoms with van der Waals surface area (Å²) in [5, 5.41) is 5.36. The van der Waals surface area contributed by atoms with Gasteiger partial charge in [0.15, 0.2) is 0 Å². The highest BCUT2D eigenvalue weighted by molar-refractivity contribution is 5.88. The molecule has 0 radical (unpaired) electrons. The molecule has 0 aromatic rings. The van der Waals surface area contributed by atoms with Crippen molar-refractivity contribution < 1.29 is 9.59 Å². The Morgan fingerprint density at radius 3 is 2.31 bits per heavy atom. The number of nitrogens with one attached hydrogen (secondary N) is 2. The number of carbonyl (C=O) groups is 2. The number of carbonyl (C=O) groups excluding carboxylic acids is 2. The van der Waals surface area contributed by atoms with Gasteiger partial charge in [-0.25, -0.2) is 0 Å². The molecule has 1 fully saturated rings. The molecule has 4 heteroatoms. The molecule has 1 aliphatic carbocycles. The van der Waals surface area contributed by atoms with E-state index in [1.807, 2.05) is 0 Å². The van der Waals surface area contributed by atoms with Crippen molar-refractivity contribution in [1.29, 1.82) is 0 Å². The number of amides is 2. The van der Waals surface area contributed by atoms with Crippen LogP contribution in [0.1, 0.15) is 39.5 Å². The summed E-state index contributed by atoms with van der Waals surface area (Å²) in [5.74, 6) is 1.26. The number of hydrogen-bond acceptors (Lipinski definition) is 2. The highest BCUT2D eigenvalue weighted by atomic mass is 16.2. The quantitative estimate of drug-likeness (QED) is 0.704. The smallest absolute Gasteiger partial charge is 0.245 e. The Balaban J connectivity index is 2.69. The van der Waals surface area contributed by atoms with E-state index in [1.165, 1.54) is 0 Å². The molecule has 92 valence electrons. The molecule has 2 N–H and O–H groups in total. The topological polar surface area (TPSA) is 58.2 Å². The Morgan fingerprint density at radius 2 is 1.94 bits per heavy atom. The third-order valence-electron chi connectivity index (χ3n) is 3.82. The van der Waals surface area contributed by atoms with Crippen molar-refractivity contribution in [3.8, 4) is 0 Å². The third-order valence-corrected chi connectivity index (χ3v) is 3.82.